The van der Waals surface area contributed by atoms with Crippen molar-refractivity contribution in [3.63, 3.8) is 0 Å². The van der Waals surface area contributed by atoms with Crippen molar-refractivity contribution in [3.8, 4) is 0 Å². The van der Waals surface area contributed by atoms with Crippen LogP contribution in [0.4, 0.5) is 11.4 Å². The summed E-state index contributed by atoms with van der Waals surface area (Å²) >= 11 is 1.38. The highest BCUT2D eigenvalue weighted by molar-refractivity contribution is 7.98. The molecule has 106 valence electrons. The summed E-state index contributed by atoms with van der Waals surface area (Å²) in [7, 11) is 0. The number of hydrogen-bond donors (Lipinski definition) is 1. The number of hydrogen-bond acceptors (Lipinski definition) is 6. The standard InChI is InChI=1S/C14H11N3O3S/c15-10-6-5-9(7-12(10)17(18)19)8-21-14-16-11-3-1-2-4-13(11)20-14/h1-7H,8,15H2. The first-order chi connectivity index (χ1) is 10.1. The molecule has 2 aromatic carbocycles. The fraction of sp³-hybridized carbons (Fsp3) is 0.0714. The van der Waals surface area contributed by atoms with Gasteiger partial charge in [0.1, 0.15) is 11.2 Å². The van der Waals surface area contributed by atoms with Crippen LogP contribution >= 0.6 is 11.8 Å². The van der Waals surface area contributed by atoms with E-state index in [1.165, 1.54) is 17.8 Å². The normalized spacial score (nSPS) is 10.9. The van der Waals surface area contributed by atoms with Crippen LogP contribution in [-0.4, -0.2) is 9.91 Å². The van der Waals surface area contributed by atoms with Gasteiger partial charge in [-0.1, -0.05) is 30.0 Å². The molecule has 0 bridgehead atoms. The number of nitrogen functional groups attached to an aromatic ring is 1. The number of nitrogens with two attached hydrogens (primary N) is 1. The molecular weight excluding hydrogens is 290 g/mol. The Morgan fingerprint density at radius 3 is 2.86 bits per heavy atom. The van der Waals surface area contributed by atoms with E-state index in [1.807, 2.05) is 24.3 Å². The number of anilines is 1. The maximum absolute atomic E-state index is 10.9. The average Bonchev–Trinajstić information content (AvgIpc) is 2.89. The summed E-state index contributed by atoms with van der Waals surface area (Å²) in [6.07, 6.45) is 0. The number of nitrogens with zero attached hydrogens (tertiary/aromatic N) is 2. The fourth-order valence-electron chi connectivity index (χ4n) is 1.90. The molecule has 6 nitrogen and oxygen atoms in total. The van der Waals surface area contributed by atoms with Gasteiger partial charge in [0.15, 0.2) is 5.58 Å². The minimum absolute atomic E-state index is 0.0781. The zero-order valence-electron chi connectivity index (χ0n) is 10.9. The van der Waals surface area contributed by atoms with Gasteiger partial charge in [0.2, 0.25) is 0 Å². The molecule has 0 fully saturated rings. The van der Waals surface area contributed by atoms with E-state index in [2.05, 4.69) is 4.98 Å². The second-order valence-corrected chi connectivity index (χ2v) is 5.31. The van der Waals surface area contributed by atoms with Crippen molar-refractivity contribution in [1.29, 1.82) is 0 Å². The smallest absolute Gasteiger partial charge is 0.292 e. The molecule has 0 saturated heterocycles. The van der Waals surface area contributed by atoms with Crippen LogP contribution in [0.15, 0.2) is 52.1 Å². The number of nitro benzene ring substituents is 1. The van der Waals surface area contributed by atoms with Crippen LogP contribution in [-0.2, 0) is 5.75 Å². The highest BCUT2D eigenvalue weighted by Crippen LogP contribution is 2.29. The lowest BCUT2D eigenvalue weighted by molar-refractivity contribution is -0.383. The monoisotopic (exact) mass is 301 g/mol. The Morgan fingerprint density at radius 1 is 1.29 bits per heavy atom. The summed E-state index contributed by atoms with van der Waals surface area (Å²) in [6.45, 7) is 0. The van der Waals surface area contributed by atoms with Crippen LogP contribution < -0.4 is 5.73 Å². The second-order valence-electron chi connectivity index (χ2n) is 4.39. The van der Waals surface area contributed by atoms with Crippen LogP contribution in [0.2, 0.25) is 0 Å². The maximum atomic E-state index is 10.9. The molecule has 3 rings (SSSR count). The zero-order valence-corrected chi connectivity index (χ0v) is 11.7. The lowest BCUT2D eigenvalue weighted by atomic mass is 10.2. The Kier molecular flexibility index (Phi) is 3.49. The van der Waals surface area contributed by atoms with E-state index in [1.54, 1.807) is 12.1 Å². The predicted octanol–water partition coefficient (Wildman–Crippen LogP) is 3.61. The number of rotatable bonds is 4. The van der Waals surface area contributed by atoms with Gasteiger partial charge < -0.3 is 10.2 Å². The second kappa shape index (κ2) is 5.45. The largest absolute Gasteiger partial charge is 0.431 e. The Balaban J connectivity index is 1.78. The Hall–Kier alpha value is -2.54. The van der Waals surface area contributed by atoms with Gasteiger partial charge in [0.05, 0.1) is 4.92 Å². The zero-order chi connectivity index (χ0) is 14.8. The Labute approximate surface area is 124 Å². The summed E-state index contributed by atoms with van der Waals surface area (Å²) in [5, 5.41) is 11.4. The molecule has 0 amide bonds. The van der Waals surface area contributed by atoms with E-state index in [-0.39, 0.29) is 11.4 Å². The van der Waals surface area contributed by atoms with E-state index in [9.17, 15) is 10.1 Å². The van der Waals surface area contributed by atoms with E-state index >= 15 is 0 Å². The van der Waals surface area contributed by atoms with Crippen molar-refractivity contribution in [2.75, 3.05) is 5.73 Å². The SMILES string of the molecule is Nc1ccc(CSc2nc3ccccc3o2)cc1[N+](=O)[O-]. The van der Waals surface area contributed by atoms with E-state index in [4.69, 9.17) is 10.2 Å². The highest BCUT2D eigenvalue weighted by atomic mass is 32.2. The molecule has 0 aliphatic carbocycles. The van der Waals surface area contributed by atoms with Crippen molar-refractivity contribution in [2.45, 2.75) is 11.0 Å². The third kappa shape index (κ3) is 2.82. The molecule has 1 aromatic heterocycles. The quantitative estimate of drug-likeness (QED) is 0.342. The molecule has 1 heterocycles. The molecule has 2 N–H and O–H groups in total. The van der Waals surface area contributed by atoms with Crippen molar-refractivity contribution >= 4 is 34.2 Å². The van der Waals surface area contributed by atoms with Gasteiger partial charge in [0.25, 0.3) is 10.9 Å². The molecule has 7 heteroatoms. The van der Waals surface area contributed by atoms with Crippen molar-refractivity contribution in [3.05, 3.63) is 58.1 Å². The van der Waals surface area contributed by atoms with Gasteiger partial charge in [0, 0.05) is 11.8 Å². The molecular formula is C14H11N3O3S. The first-order valence-corrected chi connectivity index (χ1v) is 7.13. The summed E-state index contributed by atoms with van der Waals surface area (Å²) in [4.78, 5) is 14.7. The molecule has 0 saturated carbocycles. The van der Waals surface area contributed by atoms with Crippen molar-refractivity contribution < 1.29 is 9.34 Å². The molecule has 0 unspecified atom stereocenters. The molecule has 0 radical (unpaired) electrons. The number of para-hydroxylation sites is 2. The van der Waals surface area contributed by atoms with Crippen LogP contribution in [0.3, 0.4) is 0 Å². The predicted molar refractivity (Wildman–Crippen MR) is 81.1 cm³/mol. The van der Waals surface area contributed by atoms with E-state index in [0.29, 0.717) is 11.0 Å². The summed E-state index contributed by atoms with van der Waals surface area (Å²) in [5.41, 5.74) is 7.97. The molecule has 0 atom stereocenters. The van der Waals surface area contributed by atoms with Gasteiger partial charge in [-0.2, -0.15) is 0 Å². The van der Waals surface area contributed by atoms with Gasteiger partial charge in [-0.3, -0.25) is 10.1 Å². The molecule has 0 aliphatic rings. The average molecular weight is 301 g/mol. The molecule has 0 aliphatic heterocycles. The number of oxazole rings is 1. The van der Waals surface area contributed by atoms with Crippen LogP contribution in [0, 0.1) is 10.1 Å². The number of aromatic nitrogens is 1. The van der Waals surface area contributed by atoms with Crippen molar-refractivity contribution in [1.82, 2.24) is 4.98 Å². The van der Waals surface area contributed by atoms with Gasteiger partial charge in [-0.05, 0) is 23.8 Å². The van der Waals surface area contributed by atoms with Crippen LogP contribution in [0.5, 0.6) is 0 Å². The minimum Gasteiger partial charge on any atom is -0.431 e. The van der Waals surface area contributed by atoms with E-state index in [0.717, 1.165) is 16.7 Å². The summed E-state index contributed by atoms with van der Waals surface area (Å²) in [5.74, 6) is 0.522. The van der Waals surface area contributed by atoms with Crippen LogP contribution in [0.1, 0.15) is 5.56 Å². The Morgan fingerprint density at radius 2 is 2.10 bits per heavy atom. The first kappa shape index (κ1) is 13.4. The number of benzene rings is 2. The number of fused-ring (bicyclic) bond motifs is 1. The molecule has 3 aromatic rings. The topological polar surface area (TPSA) is 95.2 Å². The van der Waals surface area contributed by atoms with Crippen LogP contribution in [0.25, 0.3) is 11.1 Å². The van der Waals surface area contributed by atoms with Crippen molar-refractivity contribution in [2.24, 2.45) is 0 Å². The first-order valence-electron chi connectivity index (χ1n) is 6.14. The lowest BCUT2D eigenvalue weighted by Crippen LogP contribution is -1.96. The van der Waals surface area contributed by atoms with Gasteiger partial charge in [-0.25, -0.2) is 4.98 Å². The summed E-state index contributed by atoms with van der Waals surface area (Å²) < 4.78 is 5.58. The Bertz CT molecular complexity index is 783. The van der Waals surface area contributed by atoms with E-state index < -0.39 is 4.92 Å². The number of nitro groups is 1. The van der Waals surface area contributed by atoms with Gasteiger partial charge >= 0.3 is 0 Å². The maximum Gasteiger partial charge on any atom is 0.292 e. The molecule has 0 spiro atoms. The minimum atomic E-state index is -0.483. The molecule has 21 heavy (non-hydrogen) atoms. The summed E-state index contributed by atoms with van der Waals surface area (Å²) in [6, 6.07) is 12.3. The third-order valence-electron chi connectivity index (χ3n) is 2.93. The number of thioether (sulfide) groups is 1. The fourth-order valence-corrected chi connectivity index (χ4v) is 2.68. The lowest BCUT2D eigenvalue weighted by Gasteiger charge is -2.01. The van der Waals surface area contributed by atoms with Gasteiger partial charge in [-0.15, -0.1) is 0 Å². The highest BCUT2D eigenvalue weighted by Gasteiger charge is 2.13. The third-order valence-corrected chi connectivity index (χ3v) is 3.83.